The molecule has 4 N–H and O–H groups in total. The molecule has 1 saturated heterocycles. The van der Waals surface area contributed by atoms with Crippen LogP contribution in [0.25, 0.3) is 16.6 Å². The fourth-order valence-corrected chi connectivity index (χ4v) is 4.41. The number of nitrogen functional groups attached to an aromatic ring is 1. The number of morpholine rings is 1. The first kappa shape index (κ1) is 23.7. The molecule has 10 heteroatoms. The van der Waals surface area contributed by atoms with E-state index in [1.165, 1.54) is 12.4 Å². The molecular weight excluding hydrogens is 461 g/mol. The second-order valence-corrected chi connectivity index (χ2v) is 8.67. The zero-order chi connectivity index (χ0) is 25.1. The highest BCUT2D eigenvalue weighted by atomic mass is 19.1. The zero-order valence-corrected chi connectivity index (χ0v) is 20.0. The van der Waals surface area contributed by atoms with Crippen molar-refractivity contribution >= 4 is 28.7 Å². The standard InChI is InChI=1S/C26H28FN7O2/c1-2-17-4-3-5-18(12-17)31-26(35)32-19-6-7-21(23(27)13-19)22-14-20(15-33-8-10-36-11-9-33)34-24(22)25(28)29-16-30-34/h3-7,12-14,16H,2,8-11,15H2,1H3,(H2,28,29,30)(H2,31,32,35). The molecule has 4 aromatic rings. The average Bonchev–Trinajstić information content (AvgIpc) is 3.24. The van der Waals surface area contributed by atoms with Gasteiger partial charge in [-0.15, -0.1) is 0 Å². The molecule has 1 aliphatic rings. The molecule has 0 radical (unpaired) electrons. The lowest BCUT2D eigenvalue weighted by atomic mass is 10.1. The highest BCUT2D eigenvalue weighted by molar-refractivity contribution is 6.00. The molecule has 36 heavy (non-hydrogen) atoms. The minimum absolute atomic E-state index is 0.267. The third kappa shape index (κ3) is 5.00. The van der Waals surface area contributed by atoms with E-state index in [2.05, 4.69) is 25.6 Å². The first-order valence-electron chi connectivity index (χ1n) is 11.9. The van der Waals surface area contributed by atoms with Crippen molar-refractivity contribution in [3.8, 4) is 11.1 Å². The van der Waals surface area contributed by atoms with Crippen molar-refractivity contribution in [1.82, 2.24) is 19.5 Å². The van der Waals surface area contributed by atoms with E-state index in [4.69, 9.17) is 10.5 Å². The Bertz CT molecular complexity index is 1400. The number of carbonyl (C=O) groups excluding carboxylic acids is 1. The molecule has 2 aromatic heterocycles. The van der Waals surface area contributed by atoms with Crippen LogP contribution in [0.2, 0.25) is 0 Å². The highest BCUT2D eigenvalue weighted by Crippen LogP contribution is 2.33. The Labute approximate surface area is 208 Å². The van der Waals surface area contributed by atoms with Crippen molar-refractivity contribution in [2.75, 3.05) is 42.7 Å². The molecule has 0 aliphatic carbocycles. The fraction of sp³-hybridized carbons (Fsp3) is 0.269. The van der Waals surface area contributed by atoms with E-state index in [1.807, 2.05) is 37.3 Å². The van der Waals surface area contributed by atoms with Crippen molar-refractivity contribution in [3.63, 3.8) is 0 Å². The lowest BCUT2D eigenvalue weighted by Gasteiger charge is -2.26. The minimum atomic E-state index is -0.491. The van der Waals surface area contributed by atoms with Crippen LogP contribution in [0, 0.1) is 5.82 Å². The van der Waals surface area contributed by atoms with Gasteiger partial charge in [0.05, 0.1) is 18.9 Å². The van der Waals surface area contributed by atoms with Crippen LogP contribution in [-0.2, 0) is 17.7 Å². The molecule has 186 valence electrons. The van der Waals surface area contributed by atoms with Crippen molar-refractivity contribution in [2.45, 2.75) is 19.9 Å². The molecule has 0 saturated carbocycles. The quantitative estimate of drug-likeness (QED) is 0.375. The van der Waals surface area contributed by atoms with Crippen LogP contribution in [0.1, 0.15) is 18.2 Å². The number of nitrogens with two attached hydrogens (primary N) is 1. The van der Waals surface area contributed by atoms with E-state index in [-0.39, 0.29) is 5.82 Å². The van der Waals surface area contributed by atoms with E-state index in [0.29, 0.717) is 47.8 Å². The van der Waals surface area contributed by atoms with Crippen molar-refractivity contribution in [3.05, 3.63) is 71.9 Å². The number of hydrogen-bond donors (Lipinski definition) is 3. The van der Waals surface area contributed by atoms with Gasteiger partial charge in [0.15, 0.2) is 5.82 Å². The lowest BCUT2D eigenvalue weighted by molar-refractivity contribution is 0.0334. The number of benzene rings is 2. The Morgan fingerprint density at radius 1 is 1.08 bits per heavy atom. The number of amides is 2. The number of ether oxygens (including phenoxy) is 1. The maximum atomic E-state index is 15.3. The van der Waals surface area contributed by atoms with Crippen LogP contribution in [0.4, 0.5) is 26.4 Å². The Hall–Kier alpha value is -4.02. The number of hydrogen-bond acceptors (Lipinski definition) is 6. The number of carbonyl (C=O) groups is 1. The first-order chi connectivity index (χ1) is 17.5. The number of aromatic nitrogens is 3. The Kier molecular flexibility index (Phi) is 6.79. The Morgan fingerprint density at radius 3 is 2.61 bits per heavy atom. The number of urea groups is 1. The Balaban J connectivity index is 1.39. The summed E-state index contributed by atoms with van der Waals surface area (Å²) in [5.41, 5.74) is 10.7. The zero-order valence-electron chi connectivity index (χ0n) is 20.0. The van der Waals surface area contributed by atoms with E-state index >= 15 is 4.39 Å². The maximum absolute atomic E-state index is 15.3. The first-order valence-corrected chi connectivity index (χ1v) is 11.9. The second kappa shape index (κ2) is 10.3. The molecule has 3 heterocycles. The van der Waals surface area contributed by atoms with Crippen LogP contribution in [0.15, 0.2) is 54.9 Å². The minimum Gasteiger partial charge on any atom is -0.382 e. The van der Waals surface area contributed by atoms with Gasteiger partial charge in [0.1, 0.15) is 17.7 Å². The summed E-state index contributed by atoms with van der Waals surface area (Å²) in [7, 11) is 0. The van der Waals surface area contributed by atoms with E-state index in [0.717, 1.165) is 30.8 Å². The Morgan fingerprint density at radius 2 is 1.86 bits per heavy atom. The second-order valence-electron chi connectivity index (χ2n) is 8.67. The summed E-state index contributed by atoms with van der Waals surface area (Å²) in [5.74, 6) is -0.224. The van der Waals surface area contributed by atoms with Crippen LogP contribution in [0.3, 0.4) is 0 Å². The van der Waals surface area contributed by atoms with Crippen molar-refractivity contribution in [2.24, 2.45) is 0 Å². The summed E-state index contributed by atoms with van der Waals surface area (Å²) >= 11 is 0. The number of fused-ring (bicyclic) bond motifs is 1. The van der Waals surface area contributed by atoms with Gasteiger partial charge in [-0.1, -0.05) is 19.1 Å². The average molecular weight is 490 g/mol. The van der Waals surface area contributed by atoms with E-state index in [1.54, 1.807) is 16.6 Å². The maximum Gasteiger partial charge on any atom is 0.323 e. The van der Waals surface area contributed by atoms with Crippen molar-refractivity contribution in [1.29, 1.82) is 0 Å². The predicted molar refractivity (Wildman–Crippen MR) is 137 cm³/mol. The van der Waals surface area contributed by atoms with Crippen LogP contribution in [-0.4, -0.2) is 51.8 Å². The highest BCUT2D eigenvalue weighted by Gasteiger charge is 2.20. The SMILES string of the molecule is CCc1cccc(NC(=O)Nc2ccc(-c3cc(CN4CCOCC4)n4ncnc(N)c34)c(F)c2)c1. The lowest BCUT2D eigenvalue weighted by Crippen LogP contribution is -2.36. The molecule has 0 atom stereocenters. The molecule has 2 amide bonds. The van der Waals surface area contributed by atoms with Gasteiger partial charge in [-0.25, -0.2) is 18.7 Å². The van der Waals surface area contributed by atoms with Gasteiger partial charge in [0, 0.05) is 42.1 Å². The molecule has 1 aliphatic heterocycles. The summed E-state index contributed by atoms with van der Waals surface area (Å²) in [6, 6.07) is 13.6. The topological polar surface area (TPSA) is 110 Å². The smallest absolute Gasteiger partial charge is 0.323 e. The van der Waals surface area contributed by atoms with Gasteiger partial charge < -0.3 is 21.1 Å². The molecule has 0 spiro atoms. The summed E-state index contributed by atoms with van der Waals surface area (Å²) in [4.78, 5) is 18.8. The van der Waals surface area contributed by atoms with E-state index < -0.39 is 11.8 Å². The van der Waals surface area contributed by atoms with Crippen LogP contribution >= 0.6 is 0 Å². The number of anilines is 3. The third-order valence-electron chi connectivity index (χ3n) is 6.26. The predicted octanol–water partition coefficient (Wildman–Crippen LogP) is 4.16. The van der Waals surface area contributed by atoms with Crippen LogP contribution in [0.5, 0.6) is 0 Å². The number of nitrogens with zero attached hydrogens (tertiary/aromatic N) is 4. The van der Waals surface area contributed by atoms with Gasteiger partial charge in [-0.3, -0.25) is 4.90 Å². The fourth-order valence-electron chi connectivity index (χ4n) is 4.41. The molecule has 5 rings (SSSR count). The molecule has 9 nitrogen and oxygen atoms in total. The number of aryl methyl sites for hydroxylation is 1. The molecule has 1 fully saturated rings. The van der Waals surface area contributed by atoms with Crippen molar-refractivity contribution < 1.29 is 13.9 Å². The molecule has 0 bridgehead atoms. The van der Waals surface area contributed by atoms with Gasteiger partial charge in [-0.2, -0.15) is 5.10 Å². The van der Waals surface area contributed by atoms with Crippen LogP contribution < -0.4 is 16.4 Å². The number of halogens is 1. The summed E-state index contributed by atoms with van der Waals surface area (Å²) in [6.07, 6.45) is 2.26. The number of rotatable bonds is 6. The third-order valence-corrected chi connectivity index (χ3v) is 6.26. The van der Waals surface area contributed by atoms with Gasteiger partial charge in [0.25, 0.3) is 0 Å². The summed E-state index contributed by atoms with van der Waals surface area (Å²) in [6.45, 7) is 5.64. The van der Waals surface area contributed by atoms with E-state index in [9.17, 15) is 4.79 Å². The summed E-state index contributed by atoms with van der Waals surface area (Å²) in [5, 5.41) is 9.85. The van der Waals surface area contributed by atoms with Gasteiger partial charge >= 0.3 is 6.03 Å². The van der Waals surface area contributed by atoms with Gasteiger partial charge in [-0.05, 0) is 48.4 Å². The van der Waals surface area contributed by atoms with Gasteiger partial charge in [0.2, 0.25) is 0 Å². The molecular formula is C26H28FN7O2. The monoisotopic (exact) mass is 489 g/mol. The molecule has 0 unspecified atom stereocenters. The normalized spacial score (nSPS) is 14.2. The molecule has 2 aromatic carbocycles. The number of nitrogens with one attached hydrogen (secondary N) is 2. The summed E-state index contributed by atoms with van der Waals surface area (Å²) < 4.78 is 22.5. The largest absolute Gasteiger partial charge is 0.382 e.